The first-order valence-corrected chi connectivity index (χ1v) is 6.17. The van der Waals surface area contributed by atoms with Crippen molar-refractivity contribution in [3.63, 3.8) is 0 Å². The highest BCUT2D eigenvalue weighted by atomic mass is 16.3. The number of unbranched alkanes of at least 4 members (excludes halogenated alkanes) is 2. The summed E-state index contributed by atoms with van der Waals surface area (Å²) in [6.45, 7) is 10.5. The van der Waals surface area contributed by atoms with E-state index in [1.54, 1.807) is 0 Å². The van der Waals surface area contributed by atoms with Crippen molar-refractivity contribution in [2.45, 2.75) is 72.3 Å². The lowest BCUT2D eigenvalue weighted by Gasteiger charge is -2.23. The highest BCUT2D eigenvalue weighted by Crippen LogP contribution is 2.28. The van der Waals surface area contributed by atoms with Gasteiger partial charge in [-0.05, 0) is 32.1 Å². The lowest BCUT2D eigenvalue weighted by Crippen LogP contribution is -2.15. The van der Waals surface area contributed by atoms with Crippen molar-refractivity contribution < 1.29 is 5.11 Å². The molecule has 1 nitrogen and oxygen atoms in total. The highest BCUT2D eigenvalue weighted by molar-refractivity contribution is 4.97. The third-order valence-corrected chi connectivity index (χ3v) is 2.65. The molecule has 1 heteroatoms. The predicted molar refractivity (Wildman–Crippen MR) is 68.0 cm³/mol. The molecule has 0 saturated heterocycles. The molecule has 1 N–H and O–H groups in total. The quantitative estimate of drug-likeness (QED) is 0.492. The van der Waals surface area contributed by atoms with Gasteiger partial charge in [-0.15, -0.1) is 0 Å². The van der Waals surface area contributed by atoms with Crippen LogP contribution >= 0.6 is 0 Å². The summed E-state index contributed by atoms with van der Waals surface area (Å²) < 4.78 is 0. The summed E-state index contributed by atoms with van der Waals surface area (Å²) in [5, 5.41) is 9.54. The van der Waals surface area contributed by atoms with Gasteiger partial charge >= 0.3 is 0 Å². The molecule has 0 aromatic rings. The molecule has 0 atom stereocenters. The number of allylic oxidation sites excluding steroid dienone is 1. The van der Waals surface area contributed by atoms with Gasteiger partial charge in [0.2, 0.25) is 0 Å². The maximum atomic E-state index is 9.54. The van der Waals surface area contributed by atoms with Gasteiger partial charge < -0.3 is 5.11 Å². The van der Waals surface area contributed by atoms with E-state index in [9.17, 15) is 5.11 Å². The number of hydrogen-bond acceptors (Lipinski definition) is 1. The van der Waals surface area contributed by atoms with Crippen LogP contribution < -0.4 is 0 Å². The standard InChI is InChI=1S/C14H28O/c1-6-7-8-10-13(2,3)11-9-12-14(4,5)15/h9,12,15H,6-8,10-11H2,1-5H3/b12-9+. The van der Waals surface area contributed by atoms with Crippen LogP contribution in [0.3, 0.4) is 0 Å². The molecule has 0 amide bonds. The summed E-state index contributed by atoms with van der Waals surface area (Å²) in [6, 6.07) is 0. The Hall–Kier alpha value is -0.300. The second-order valence-corrected chi connectivity index (χ2v) is 5.88. The Bertz CT molecular complexity index is 184. The molecular weight excluding hydrogens is 184 g/mol. The summed E-state index contributed by atoms with van der Waals surface area (Å²) >= 11 is 0. The van der Waals surface area contributed by atoms with Gasteiger partial charge in [-0.1, -0.05) is 52.2 Å². The van der Waals surface area contributed by atoms with Crippen LogP contribution in [0, 0.1) is 5.41 Å². The van der Waals surface area contributed by atoms with E-state index in [1.807, 2.05) is 19.9 Å². The van der Waals surface area contributed by atoms with Gasteiger partial charge in [0.15, 0.2) is 0 Å². The molecule has 0 rings (SSSR count). The zero-order valence-electron chi connectivity index (χ0n) is 11.1. The molecule has 15 heavy (non-hydrogen) atoms. The second-order valence-electron chi connectivity index (χ2n) is 5.88. The number of hydrogen-bond donors (Lipinski definition) is 1. The van der Waals surface area contributed by atoms with E-state index in [1.165, 1.54) is 25.7 Å². The number of aliphatic hydroxyl groups is 1. The summed E-state index contributed by atoms with van der Waals surface area (Å²) in [6.07, 6.45) is 10.3. The first-order valence-electron chi connectivity index (χ1n) is 6.17. The monoisotopic (exact) mass is 212 g/mol. The Morgan fingerprint density at radius 3 is 2.13 bits per heavy atom. The van der Waals surface area contributed by atoms with Crippen molar-refractivity contribution in [3.05, 3.63) is 12.2 Å². The first-order chi connectivity index (χ1) is 6.77. The minimum atomic E-state index is -0.667. The van der Waals surface area contributed by atoms with E-state index < -0.39 is 5.60 Å². The molecule has 0 fully saturated rings. The van der Waals surface area contributed by atoms with Gasteiger partial charge in [-0.25, -0.2) is 0 Å². The average Bonchev–Trinajstić information content (AvgIpc) is 2.01. The van der Waals surface area contributed by atoms with Crippen molar-refractivity contribution in [2.75, 3.05) is 0 Å². The molecule has 0 aromatic carbocycles. The van der Waals surface area contributed by atoms with Crippen molar-refractivity contribution in [3.8, 4) is 0 Å². The van der Waals surface area contributed by atoms with Gasteiger partial charge in [0.1, 0.15) is 0 Å². The molecule has 0 aromatic heterocycles. The Kier molecular flexibility index (Phi) is 6.19. The van der Waals surface area contributed by atoms with Crippen LogP contribution in [0.25, 0.3) is 0 Å². The molecule has 0 spiro atoms. The zero-order chi connectivity index (χ0) is 11.9. The fraction of sp³-hybridized carbons (Fsp3) is 0.857. The third kappa shape index (κ3) is 9.99. The van der Waals surface area contributed by atoms with Crippen LogP contribution in [0.5, 0.6) is 0 Å². The van der Waals surface area contributed by atoms with Crippen molar-refractivity contribution in [1.29, 1.82) is 0 Å². The van der Waals surface area contributed by atoms with Gasteiger partial charge in [0.05, 0.1) is 5.60 Å². The zero-order valence-corrected chi connectivity index (χ0v) is 11.1. The fourth-order valence-corrected chi connectivity index (χ4v) is 1.62. The van der Waals surface area contributed by atoms with Crippen molar-refractivity contribution in [2.24, 2.45) is 5.41 Å². The SMILES string of the molecule is CCCCCC(C)(C)C/C=C/C(C)(C)O. The smallest absolute Gasteiger partial charge is 0.0771 e. The second kappa shape index (κ2) is 6.32. The van der Waals surface area contributed by atoms with Crippen LogP contribution in [-0.4, -0.2) is 10.7 Å². The van der Waals surface area contributed by atoms with Gasteiger partial charge in [0, 0.05) is 0 Å². The lowest BCUT2D eigenvalue weighted by atomic mass is 9.83. The van der Waals surface area contributed by atoms with E-state index in [-0.39, 0.29) is 0 Å². The van der Waals surface area contributed by atoms with Gasteiger partial charge in [0.25, 0.3) is 0 Å². The molecule has 0 aliphatic carbocycles. The topological polar surface area (TPSA) is 20.2 Å². The van der Waals surface area contributed by atoms with E-state index in [0.717, 1.165) is 6.42 Å². The van der Waals surface area contributed by atoms with E-state index in [2.05, 4.69) is 26.8 Å². The summed E-state index contributed by atoms with van der Waals surface area (Å²) in [5.41, 5.74) is -0.295. The average molecular weight is 212 g/mol. The molecule has 0 radical (unpaired) electrons. The highest BCUT2D eigenvalue weighted by Gasteiger charge is 2.15. The van der Waals surface area contributed by atoms with Crippen molar-refractivity contribution in [1.82, 2.24) is 0 Å². The molecular formula is C14H28O. The van der Waals surface area contributed by atoms with Crippen LogP contribution in [0.1, 0.15) is 66.7 Å². The largest absolute Gasteiger partial charge is 0.386 e. The molecule has 0 aliphatic rings. The van der Waals surface area contributed by atoms with E-state index in [0.29, 0.717) is 5.41 Å². The summed E-state index contributed by atoms with van der Waals surface area (Å²) in [5.74, 6) is 0. The third-order valence-electron chi connectivity index (χ3n) is 2.65. The Balaban J connectivity index is 3.88. The lowest BCUT2D eigenvalue weighted by molar-refractivity contribution is 0.132. The fourth-order valence-electron chi connectivity index (χ4n) is 1.62. The van der Waals surface area contributed by atoms with Gasteiger partial charge in [-0.2, -0.15) is 0 Å². The van der Waals surface area contributed by atoms with E-state index in [4.69, 9.17) is 0 Å². The predicted octanol–water partition coefficient (Wildman–Crippen LogP) is 4.31. The minimum absolute atomic E-state index is 0.372. The van der Waals surface area contributed by atoms with E-state index >= 15 is 0 Å². The maximum Gasteiger partial charge on any atom is 0.0771 e. The maximum absolute atomic E-state index is 9.54. The van der Waals surface area contributed by atoms with Crippen LogP contribution in [0.4, 0.5) is 0 Å². The van der Waals surface area contributed by atoms with Crippen LogP contribution in [0.15, 0.2) is 12.2 Å². The van der Waals surface area contributed by atoms with Crippen molar-refractivity contribution >= 4 is 0 Å². The van der Waals surface area contributed by atoms with Crippen LogP contribution in [0.2, 0.25) is 0 Å². The normalized spacial score (nSPS) is 13.7. The number of rotatable bonds is 7. The molecule has 0 heterocycles. The summed E-state index contributed by atoms with van der Waals surface area (Å²) in [4.78, 5) is 0. The summed E-state index contributed by atoms with van der Waals surface area (Å²) in [7, 11) is 0. The molecule has 0 bridgehead atoms. The molecule has 0 unspecified atom stereocenters. The van der Waals surface area contributed by atoms with Gasteiger partial charge in [-0.3, -0.25) is 0 Å². The Labute approximate surface area is 95.6 Å². The minimum Gasteiger partial charge on any atom is -0.386 e. The molecule has 0 saturated carbocycles. The van der Waals surface area contributed by atoms with Crippen LogP contribution in [-0.2, 0) is 0 Å². The Morgan fingerprint density at radius 2 is 1.67 bits per heavy atom. The molecule has 0 aliphatic heterocycles. The first kappa shape index (κ1) is 14.7. The molecule has 90 valence electrons. The Morgan fingerprint density at radius 1 is 1.07 bits per heavy atom.